The lowest BCUT2D eigenvalue weighted by atomic mass is 9.34. The Kier molecular flexibility index (Phi) is 4.66. The highest BCUT2D eigenvalue weighted by Crippen LogP contribution is 2.74. The van der Waals surface area contributed by atoms with Crippen molar-refractivity contribution in [1.29, 1.82) is 0 Å². The van der Waals surface area contributed by atoms with E-state index in [1.165, 1.54) is 35.1 Å². The minimum atomic E-state index is 0.114. The van der Waals surface area contributed by atoms with Crippen molar-refractivity contribution in [1.82, 2.24) is 0 Å². The van der Waals surface area contributed by atoms with E-state index >= 15 is 0 Å². The van der Waals surface area contributed by atoms with E-state index in [0.717, 1.165) is 12.8 Å². The first kappa shape index (κ1) is 22.2. The summed E-state index contributed by atoms with van der Waals surface area (Å²) in [6.07, 6.45) is 9.12. The van der Waals surface area contributed by atoms with Crippen LogP contribution in [0, 0.1) is 33.5 Å². The van der Waals surface area contributed by atoms with Gasteiger partial charge in [-0.3, -0.25) is 0 Å². The summed E-state index contributed by atoms with van der Waals surface area (Å²) in [6, 6.07) is 6.78. The molecular formula is C31H42O. The Morgan fingerprint density at radius 2 is 1.69 bits per heavy atom. The van der Waals surface area contributed by atoms with Crippen LogP contribution in [0.25, 0.3) is 5.57 Å². The van der Waals surface area contributed by atoms with Crippen LogP contribution in [0.5, 0.6) is 0 Å². The minimum absolute atomic E-state index is 0.114. The number of benzene rings is 1. The number of fused-ring (bicyclic) bond motifs is 6. The molecule has 2 atom stereocenters. The minimum Gasteiger partial charge on any atom is -0.396 e. The van der Waals surface area contributed by atoms with Gasteiger partial charge in [0, 0.05) is 6.61 Å². The molecule has 0 spiro atoms. The first-order valence-corrected chi connectivity index (χ1v) is 12.8. The molecule has 0 bridgehead atoms. The molecule has 0 heterocycles. The molecule has 5 rings (SSSR count). The summed E-state index contributed by atoms with van der Waals surface area (Å²) in [5.41, 5.74) is 11.4. The lowest BCUT2D eigenvalue weighted by Gasteiger charge is -2.70. The molecule has 0 radical (unpaired) electrons. The van der Waals surface area contributed by atoms with Gasteiger partial charge in [-0.25, -0.2) is 0 Å². The molecule has 172 valence electrons. The van der Waals surface area contributed by atoms with Crippen molar-refractivity contribution in [3.05, 3.63) is 63.8 Å². The van der Waals surface area contributed by atoms with Crippen molar-refractivity contribution in [2.45, 2.75) is 81.1 Å². The third kappa shape index (κ3) is 2.44. The Labute approximate surface area is 195 Å². The quantitative estimate of drug-likeness (QED) is 0.514. The Hall–Kier alpha value is -1.60. The predicted molar refractivity (Wildman–Crippen MR) is 135 cm³/mol. The third-order valence-corrected chi connectivity index (χ3v) is 11.4. The fourth-order valence-corrected chi connectivity index (χ4v) is 8.14. The highest BCUT2D eigenvalue weighted by molar-refractivity contribution is 5.93. The SMILES string of the molecule is CC1(C)C2=C3Cc4cccc(CCO)c4C3=C3C=CCCC3C2C(C)(C)C(C)(C)C1(C)C. The molecule has 1 N–H and O–H groups in total. The maximum atomic E-state index is 9.80. The fraction of sp³-hybridized carbons (Fsp3) is 0.613. The monoisotopic (exact) mass is 430 g/mol. The van der Waals surface area contributed by atoms with Crippen LogP contribution in [-0.2, 0) is 12.8 Å². The second-order valence-electron chi connectivity index (χ2n) is 13.0. The fourth-order valence-electron chi connectivity index (χ4n) is 8.14. The highest BCUT2D eigenvalue weighted by Gasteiger charge is 2.66. The maximum Gasteiger partial charge on any atom is 0.0471 e. The second kappa shape index (κ2) is 6.72. The molecule has 0 saturated heterocycles. The van der Waals surface area contributed by atoms with Gasteiger partial charge in [0.05, 0.1) is 0 Å². The van der Waals surface area contributed by atoms with Crippen LogP contribution >= 0.6 is 0 Å². The van der Waals surface area contributed by atoms with E-state index in [1.807, 2.05) is 0 Å². The highest BCUT2D eigenvalue weighted by atomic mass is 16.2. The maximum absolute atomic E-state index is 9.80. The third-order valence-electron chi connectivity index (χ3n) is 11.4. The lowest BCUT2D eigenvalue weighted by molar-refractivity contribution is -0.150. The summed E-state index contributed by atoms with van der Waals surface area (Å²) in [5, 5.41) is 9.80. The zero-order valence-electron chi connectivity index (χ0n) is 21.5. The first-order valence-electron chi connectivity index (χ1n) is 12.8. The molecule has 4 aliphatic rings. The molecule has 0 aliphatic heterocycles. The van der Waals surface area contributed by atoms with Crippen molar-refractivity contribution in [3.63, 3.8) is 0 Å². The van der Waals surface area contributed by atoms with Crippen molar-refractivity contribution >= 4 is 5.57 Å². The van der Waals surface area contributed by atoms with E-state index < -0.39 is 0 Å². The molecule has 0 aromatic heterocycles. The van der Waals surface area contributed by atoms with Crippen molar-refractivity contribution in [2.24, 2.45) is 33.5 Å². The summed E-state index contributed by atoms with van der Waals surface area (Å²) in [7, 11) is 0. The standard InChI is InChI=1S/C31H42O/c1-28(2)26-22-15-10-9-14-21(22)25-23(18-20-13-11-12-19(16-17-32)24(20)25)27(26)29(3,4)31(7,8)30(28,5)6/h9,11-14,22,26,32H,10,15-18H2,1-8H3. The Bertz CT molecular complexity index is 1070. The zero-order chi connectivity index (χ0) is 23.3. The number of aliphatic hydroxyl groups excluding tert-OH is 1. The number of aliphatic hydroxyl groups is 1. The van der Waals surface area contributed by atoms with Crippen LogP contribution in [-0.4, -0.2) is 11.7 Å². The van der Waals surface area contributed by atoms with E-state index in [0.29, 0.717) is 11.8 Å². The molecule has 32 heavy (non-hydrogen) atoms. The average Bonchev–Trinajstić information content (AvgIpc) is 3.12. The van der Waals surface area contributed by atoms with Gasteiger partial charge in [-0.15, -0.1) is 0 Å². The van der Waals surface area contributed by atoms with Gasteiger partial charge in [-0.05, 0) is 92.6 Å². The Balaban J connectivity index is 1.88. The largest absolute Gasteiger partial charge is 0.396 e. The first-order chi connectivity index (χ1) is 14.9. The van der Waals surface area contributed by atoms with Crippen LogP contribution in [0.4, 0.5) is 0 Å². The van der Waals surface area contributed by atoms with Crippen LogP contribution in [0.1, 0.15) is 84.9 Å². The van der Waals surface area contributed by atoms with Crippen LogP contribution < -0.4 is 0 Å². The summed E-state index contributed by atoms with van der Waals surface area (Å²) < 4.78 is 0. The van der Waals surface area contributed by atoms with Crippen molar-refractivity contribution in [2.75, 3.05) is 6.61 Å². The van der Waals surface area contributed by atoms with Gasteiger partial charge in [0.1, 0.15) is 0 Å². The number of hydrogen-bond acceptors (Lipinski definition) is 1. The van der Waals surface area contributed by atoms with E-state index in [-0.39, 0.29) is 28.3 Å². The van der Waals surface area contributed by atoms with Gasteiger partial charge in [0.2, 0.25) is 0 Å². The van der Waals surface area contributed by atoms with E-state index in [4.69, 9.17) is 0 Å². The predicted octanol–water partition coefficient (Wildman–Crippen LogP) is 7.54. The Morgan fingerprint density at radius 3 is 2.38 bits per heavy atom. The van der Waals surface area contributed by atoms with Gasteiger partial charge in [0.15, 0.2) is 0 Å². The van der Waals surface area contributed by atoms with Crippen LogP contribution in [0.15, 0.2) is 47.1 Å². The van der Waals surface area contributed by atoms with Gasteiger partial charge in [-0.2, -0.15) is 0 Å². The molecule has 1 fully saturated rings. The molecule has 1 heteroatoms. The molecule has 1 saturated carbocycles. The van der Waals surface area contributed by atoms with E-state index in [1.54, 1.807) is 16.7 Å². The van der Waals surface area contributed by atoms with Gasteiger partial charge >= 0.3 is 0 Å². The molecule has 1 aromatic carbocycles. The van der Waals surface area contributed by atoms with E-state index in [2.05, 4.69) is 85.7 Å². The normalized spacial score (nSPS) is 30.5. The lowest BCUT2D eigenvalue weighted by Crippen LogP contribution is -2.63. The zero-order valence-corrected chi connectivity index (χ0v) is 21.5. The van der Waals surface area contributed by atoms with Crippen molar-refractivity contribution in [3.8, 4) is 0 Å². The second-order valence-corrected chi connectivity index (χ2v) is 13.0. The summed E-state index contributed by atoms with van der Waals surface area (Å²) in [6.45, 7) is 20.6. The molecular weight excluding hydrogens is 388 g/mol. The molecule has 1 aromatic rings. The molecule has 4 aliphatic carbocycles. The molecule has 1 nitrogen and oxygen atoms in total. The number of hydrogen-bond donors (Lipinski definition) is 1. The van der Waals surface area contributed by atoms with Gasteiger partial charge < -0.3 is 5.11 Å². The average molecular weight is 431 g/mol. The number of allylic oxidation sites excluding steroid dienone is 6. The molecule has 2 unspecified atom stereocenters. The summed E-state index contributed by atoms with van der Waals surface area (Å²) in [5.74, 6) is 1.17. The Morgan fingerprint density at radius 1 is 0.969 bits per heavy atom. The number of rotatable bonds is 2. The van der Waals surface area contributed by atoms with Gasteiger partial charge in [0.25, 0.3) is 0 Å². The topological polar surface area (TPSA) is 20.2 Å². The summed E-state index contributed by atoms with van der Waals surface area (Å²) >= 11 is 0. The smallest absolute Gasteiger partial charge is 0.0471 e. The van der Waals surface area contributed by atoms with Gasteiger partial charge in [-0.1, -0.05) is 91.3 Å². The van der Waals surface area contributed by atoms with Crippen LogP contribution in [0.2, 0.25) is 0 Å². The van der Waals surface area contributed by atoms with Crippen molar-refractivity contribution < 1.29 is 5.11 Å². The van der Waals surface area contributed by atoms with Crippen LogP contribution in [0.3, 0.4) is 0 Å². The van der Waals surface area contributed by atoms with E-state index in [9.17, 15) is 5.11 Å². The molecule has 0 amide bonds. The summed E-state index contributed by atoms with van der Waals surface area (Å²) in [4.78, 5) is 0.